The molecule has 5 aromatic rings. The van der Waals surface area contributed by atoms with Crippen molar-refractivity contribution in [2.45, 2.75) is 10.1 Å². The molecule has 0 aliphatic carbocycles. The molecule has 1 heterocycles. The van der Waals surface area contributed by atoms with Crippen LogP contribution in [-0.2, 0) is 9.59 Å². The van der Waals surface area contributed by atoms with Gasteiger partial charge in [-0.05, 0) is 59.7 Å². The van der Waals surface area contributed by atoms with Crippen LogP contribution in [0.25, 0.3) is 6.08 Å². The molecule has 0 spiro atoms. The molecule has 0 radical (unpaired) electrons. The molecule has 3 N–H and O–H groups in total. The quantitative estimate of drug-likeness (QED) is 0.109. The minimum absolute atomic E-state index is 0.0871. The van der Waals surface area contributed by atoms with Crippen LogP contribution in [0.3, 0.4) is 0 Å². The summed E-state index contributed by atoms with van der Waals surface area (Å²) in [5.74, 6) is 0.118. The maximum absolute atomic E-state index is 13.7. The van der Waals surface area contributed by atoms with Gasteiger partial charge in [-0.15, -0.1) is 11.8 Å². The predicted octanol–water partition coefficient (Wildman–Crippen LogP) is 7.34. The molecule has 8 nitrogen and oxygen atoms in total. The van der Waals surface area contributed by atoms with Crippen molar-refractivity contribution in [1.82, 2.24) is 5.32 Å². The highest BCUT2D eigenvalue weighted by Gasteiger charge is 2.24. The zero-order valence-corrected chi connectivity index (χ0v) is 26.0. The fourth-order valence-corrected chi connectivity index (χ4v) is 5.95. The second-order valence-electron chi connectivity index (χ2n) is 10.5. The number of hydrogen-bond acceptors (Lipinski definition) is 6. The first-order chi connectivity index (χ1) is 23.0. The maximum Gasteiger partial charge on any atom is 0.272 e. The van der Waals surface area contributed by atoms with Gasteiger partial charge in [-0.3, -0.25) is 14.4 Å². The Morgan fingerprint density at radius 3 is 2.06 bits per heavy atom. The molecular formula is C38H31N3O5S. The van der Waals surface area contributed by atoms with E-state index in [1.54, 1.807) is 60.7 Å². The SMILES string of the molecule is O=C(Nc1cccc(SC(C(=O)Nc2ccc3c(c2)OCCO3)c2ccccc2)c1)/C(=C/c1ccccc1)NC(=O)c1ccccc1. The van der Waals surface area contributed by atoms with Gasteiger partial charge in [0, 0.05) is 27.9 Å². The molecule has 0 saturated heterocycles. The lowest BCUT2D eigenvalue weighted by molar-refractivity contribution is -0.116. The highest BCUT2D eigenvalue weighted by molar-refractivity contribution is 8.00. The average molecular weight is 642 g/mol. The normalized spacial score (nSPS) is 12.8. The van der Waals surface area contributed by atoms with Crippen LogP contribution in [0.2, 0.25) is 0 Å². The van der Waals surface area contributed by atoms with Crippen molar-refractivity contribution >= 4 is 46.9 Å². The van der Waals surface area contributed by atoms with E-state index < -0.39 is 17.1 Å². The second kappa shape index (κ2) is 15.0. The Morgan fingerprint density at radius 1 is 0.660 bits per heavy atom. The number of amides is 3. The van der Waals surface area contributed by atoms with Crippen molar-refractivity contribution in [2.24, 2.45) is 0 Å². The molecule has 0 aromatic heterocycles. The van der Waals surface area contributed by atoms with E-state index in [1.807, 2.05) is 78.9 Å². The van der Waals surface area contributed by atoms with Gasteiger partial charge >= 0.3 is 0 Å². The Kier molecular flexibility index (Phi) is 9.95. The molecule has 0 fully saturated rings. The summed E-state index contributed by atoms with van der Waals surface area (Å²) in [7, 11) is 0. The lowest BCUT2D eigenvalue weighted by Gasteiger charge is -2.20. The molecule has 47 heavy (non-hydrogen) atoms. The van der Waals surface area contributed by atoms with Gasteiger partial charge in [0.2, 0.25) is 5.91 Å². The van der Waals surface area contributed by atoms with E-state index in [4.69, 9.17) is 9.47 Å². The fraction of sp³-hybridized carbons (Fsp3) is 0.0789. The van der Waals surface area contributed by atoms with Crippen LogP contribution in [0.4, 0.5) is 11.4 Å². The zero-order chi connectivity index (χ0) is 32.4. The van der Waals surface area contributed by atoms with Gasteiger partial charge in [-0.1, -0.05) is 84.9 Å². The fourth-order valence-electron chi connectivity index (χ4n) is 4.87. The number of benzene rings is 5. The summed E-state index contributed by atoms with van der Waals surface area (Å²) in [5.41, 5.74) is 3.19. The number of ether oxygens (including phenoxy) is 2. The zero-order valence-electron chi connectivity index (χ0n) is 25.2. The summed E-state index contributed by atoms with van der Waals surface area (Å²) < 4.78 is 11.3. The Morgan fingerprint density at radius 2 is 1.32 bits per heavy atom. The molecule has 0 bridgehead atoms. The van der Waals surface area contributed by atoms with Crippen molar-refractivity contribution in [3.63, 3.8) is 0 Å². The molecule has 6 rings (SSSR count). The summed E-state index contributed by atoms with van der Waals surface area (Å²) >= 11 is 1.35. The summed E-state index contributed by atoms with van der Waals surface area (Å²) in [6, 6.07) is 40.0. The van der Waals surface area contributed by atoms with Crippen molar-refractivity contribution in [1.29, 1.82) is 0 Å². The average Bonchev–Trinajstić information content (AvgIpc) is 3.11. The minimum Gasteiger partial charge on any atom is -0.486 e. The van der Waals surface area contributed by atoms with E-state index in [1.165, 1.54) is 11.8 Å². The van der Waals surface area contributed by atoms with Gasteiger partial charge in [-0.25, -0.2) is 0 Å². The van der Waals surface area contributed by atoms with Crippen molar-refractivity contribution < 1.29 is 23.9 Å². The molecule has 234 valence electrons. The van der Waals surface area contributed by atoms with E-state index in [-0.39, 0.29) is 11.6 Å². The van der Waals surface area contributed by atoms with E-state index >= 15 is 0 Å². The third kappa shape index (κ3) is 8.27. The highest BCUT2D eigenvalue weighted by atomic mass is 32.2. The molecule has 5 aromatic carbocycles. The first-order valence-electron chi connectivity index (χ1n) is 15.0. The van der Waals surface area contributed by atoms with Crippen LogP contribution in [-0.4, -0.2) is 30.9 Å². The summed E-state index contributed by atoms with van der Waals surface area (Å²) in [4.78, 5) is 41.0. The molecule has 0 saturated carbocycles. The van der Waals surface area contributed by atoms with Gasteiger partial charge in [0.25, 0.3) is 11.8 Å². The van der Waals surface area contributed by atoms with Crippen molar-refractivity contribution in [2.75, 3.05) is 23.8 Å². The number of rotatable bonds is 10. The number of carbonyl (C=O) groups excluding carboxylic acids is 3. The largest absolute Gasteiger partial charge is 0.486 e. The second-order valence-corrected chi connectivity index (χ2v) is 11.7. The predicted molar refractivity (Wildman–Crippen MR) is 185 cm³/mol. The Balaban J connectivity index is 1.21. The topological polar surface area (TPSA) is 106 Å². The number of anilines is 2. The molecule has 1 unspecified atom stereocenters. The van der Waals surface area contributed by atoms with Crippen molar-refractivity contribution in [3.05, 3.63) is 156 Å². The van der Waals surface area contributed by atoms with E-state index in [9.17, 15) is 14.4 Å². The molecule has 1 aliphatic heterocycles. The van der Waals surface area contributed by atoms with Gasteiger partial charge in [-0.2, -0.15) is 0 Å². The first-order valence-corrected chi connectivity index (χ1v) is 15.9. The number of thioether (sulfide) groups is 1. The number of hydrogen-bond donors (Lipinski definition) is 3. The van der Waals surface area contributed by atoms with Gasteiger partial charge in [0.05, 0.1) is 0 Å². The van der Waals surface area contributed by atoms with Crippen molar-refractivity contribution in [3.8, 4) is 11.5 Å². The van der Waals surface area contributed by atoms with Crippen LogP contribution in [0.15, 0.2) is 144 Å². The lowest BCUT2D eigenvalue weighted by Crippen LogP contribution is -2.30. The van der Waals surface area contributed by atoms with Crippen LogP contribution in [0.5, 0.6) is 11.5 Å². The Hall–Kier alpha value is -5.80. The number of nitrogens with one attached hydrogen (secondary N) is 3. The highest BCUT2D eigenvalue weighted by Crippen LogP contribution is 2.38. The molecule has 3 amide bonds. The van der Waals surface area contributed by atoms with E-state index in [2.05, 4.69) is 16.0 Å². The van der Waals surface area contributed by atoms with Crippen LogP contribution >= 0.6 is 11.8 Å². The maximum atomic E-state index is 13.7. The van der Waals surface area contributed by atoms with Gasteiger partial charge in [0.1, 0.15) is 24.2 Å². The Bertz CT molecular complexity index is 1900. The first kappa shape index (κ1) is 31.2. The van der Waals surface area contributed by atoms with Crippen LogP contribution in [0, 0.1) is 0 Å². The van der Waals surface area contributed by atoms with Crippen LogP contribution in [0.1, 0.15) is 26.7 Å². The molecule has 9 heteroatoms. The minimum atomic E-state index is -0.603. The summed E-state index contributed by atoms with van der Waals surface area (Å²) in [6.45, 7) is 0.931. The van der Waals surface area contributed by atoms with Crippen LogP contribution < -0.4 is 25.4 Å². The number of fused-ring (bicyclic) bond motifs is 1. The summed E-state index contributed by atoms with van der Waals surface area (Å²) in [6.07, 6.45) is 1.63. The lowest BCUT2D eigenvalue weighted by atomic mass is 10.1. The number of carbonyl (C=O) groups is 3. The smallest absolute Gasteiger partial charge is 0.272 e. The van der Waals surface area contributed by atoms with E-state index in [0.717, 1.165) is 16.0 Å². The summed E-state index contributed by atoms with van der Waals surface area (Å²) in [5, 5.41) is 8.08. The molecule has 1 atom stereocenters. The molecule has 1 aliphatic rings. The van der Waals surface area contributed by atoms with E-state index in [0.29, 0.717) is 41.7 Å². The third-order valence-electron chi connectivity index (χ3n) is 7.14. The monoisotopic (exact) mass is 641 g/mol. The Labute approximate surface area is 276 Å². The molecular weight excluding hydrogens is 611 g/mol. The van der Waals surface area contributed by atoms with Gasteiger partial charge in [0.15, 0.2) is 11.5 Å². The third-order valence-corrected chi connectivity index (χ3v) is 8.38. The van der Waals surface area contributed by atoms with Gasteiger partial charge < -0.3 is 25.4 Å². The standard InChI is InChI=1S/C38H31N3O5S/c42-36(28-15-8-3-9-16-28)41-32(23-26-11-4-1-5-12-26)37(43)39-29-17-10-18-31(24-29)47-35(27-13-6-2-7-14-27)38(44)40-30-19-20-33-34(25-30)46-22-21-45-33/h1-20,23-25,35H,21-22H2,(H,39,43)(H,40,44)(H,41,42)/b32-23-.